The summed E-state index contributed by atoms with van der Waals surface area (Å²) in [6, 6.07) is 5.40. The first kappa shape index (κ1) is 13.3. The molecule has 0 saturated carbocycles. The Kier molecular flexibility index (Phi) is 4.53. The van der Waals surface area contributed by atoms with E-state index in [0.29, 0.717) is 10.8 Å². The van der Waals surface area contributed by atoms with Gasteiger partial charge < -0.3 is 10.4 Å². The summed E-state index contributed by atoms with van der Waals surface area (Å²) in [4.78, 5) is 11.2. The summed E-state index contributed by atoms with van der Waals surface area (Å²) >= 11 is 1.99. The van der Waals surface area contributed by atoms with Gasteiger partial charge in [-0.15, -0.1) is 0 Å². The van der Waals surface area contributed by atoms with E-state index in [-0.39, 0.29) is 0 Å². The second-order valence-electron chi connectivity index (χ2n) is 4.67. The van der Waals surface area contributed by atoms with E-state index < -0.39 is 5.97 Å². The summed E-state index contributed by atoms with van der Waals surface area (Å²) in [6.45, 7) is 2.80. The van der Waals surface area contributed by atoms with Crippen LogP contribution in [0.25, 0.3) is 0 Å². The zero-order chi connectivity index (χ0) is 13.0. The van der Waals surface area contributed by atoms with Gasteiger partial charge in [0.1, 0.15) is 0 Å². The van der Waals surface area contributed by atoms with Gasteiger partial charge in [0, 0.05) is 11.8 Å². The van der Waals surface area contributed by atoms with Crippen molar-refractivity contribution in [1.29, 1.82) is 0 Å². The van der Waals surface area contributed by atoms with Gasteiger partial charge in [-0.25, -0.2) is 4.79 Å². The molecule has 1 aromatic carbocycles. The predicted octanol–water partition coefficient (Wildman–Crippen LogP) is 3.39. The lowest BCUT2D eigenvalue weighted by atomic mass is 10.1. The van der Waals surface area contributed by atoms with Gasteiger partial charge in [-0.3, -0.25) is 0 Å². The highest BCUT2D eigenvalue weighted by Crippen LogP contribution is 2.27. The van der Waals surface area contributed by atoms with Gasteiger partial charge in [-0.05, 0) is 37.1 Å². The minimum atomic E-state index is -0.863. The molecule has 98 valence electrons. The summed E-state index contributed by atoms with van der Waals surface area (Å²) < 4.78 is 0. The second-order valence-corrected chi connectivity index (χ2v) is 6.08. The van der Waals surface area contributed by atoms with E-state index in [1.165, 1.54) is 25.0 Å². The Morgan fingerprint density at radius 3 is 3.00 bits per heavy atom. The van der Waals surface area contributed by atoms with Crippen molar-refractivity contribution >= 4 is 23.4 Å². The fourth-order valence-electron chi connectivity index (χ4n) is 2.26. The fraction of sp³-hybridized carbons (Fsp3) is 0.500. The number of aromatic carboxylic acids is 1. The van der Waals surface area contributed by atoms with Crippen molar-refractivity contribution in [2.24, 2.45) is 0 Å². The summed E-state index contributed by atoms with van der Waals surface area (Å²) in [7, 11) is 0. The van der Waals surface area contributed by atoms with Crippen LogP contribution in [-0.4, -0.2) is 28.6 Å². The van der Waals surface area contributed by atoms with Crippen LogP contribution in [0.3, 0.4) is 0 Å². The predicted molar refractivity (Wildman–Crippen MR) is 76.7 cm³/mol. The molecule has 1 fully saturated rings. The molecule has 1 aliphatic rings. The van der Waals surface area contributed by atoms with Crippen LogP contribution in [0.1, 0.15) is 35.2 Å². The minimum Gasteiger partial charge on any atom is -0.478 e. The molecular weight excluding hydrogens is 246 g/mol. The molecular formula is C14H19NO2S. The normalized spacial score (nSPS) is 19.5. The zero-order valence-corrected chi connectivity index (χ0v) is 11.4. The molecule has 1 atom stereocenters. The molecule has 0 spiro atoms. The average molecular weight is 265 g/mol. The molecule has 1 unspecified atom stereocenters. The quantitative estimate of drug-likeness (QED) is 0.876. The zero-order valence-electron chi connectivity index (χ0n) is 10.6. The Bertz CT molecular complexity index is 428. The maximum Gasteiger partial charge on any atom is 0.337 e. The number of hydrogen-bond acceptors (Lipinski definition) is 3. The third-order valence-corrected chi connectivity index (χ3v) is 4.68. The van der Waals surface area contributed by atoms with E-state index in [1.807, 2.05) is 24.8 Å². The van der Waals surface area contributed by atoms with Crippen LogP contribution in [-0.2, 0) is 0 Å². The number of hydrogen-bond donors (Lipinski definition) is 2. The standard InChI is InChI=1S/C14H19NO2S/c1-10-5-4-7-12(14(16)17)13(10)15-9-11-6-2-3-8-18-11/h4-5,7,11,15H,2-3,6,8-9H2,1H3,(H,16,17). The van der Waals surface area contributed by atoms with E-state index >= 15 is 0 Å². The highest BCUT2D eigenvalue weighted by Gasteiger charge is 2.16. The Balaban J connectivity index is 2.05. The molecule has 1 aromatic rings. The second kappa shape index (κ2) is 6.14. The lowest BCUT2D eigenvalue weighted by Crippen LogP contribution is -2.21. The maximum absolute atomic E-state index is 11.2. The maximum atomic E-state index is 11.2. The van der Waals surface area contributed by atoms with Crippen molar-refractivity contribution in [2.75, 3.05) is 17.6 Å². The topological polar surface area (TPSA) is 49.3 Å². The van der Waals surface area contributed by atoms with E-state index in [4.69, 9.17) is 0 Å². The van der Waals surface area contributed by atoms with Crippen LogP contribution in [0, 0.1) is 6.92 Å². The molecule has 0 aliphatic carbocycles. The average Bonchev–Trinajstić information content (AvgIpc) is 2.38. The molecule has 3 nitrogen and oxygen atoms in total. The van der Waals surface area contributed by atoms with Gasteiger partial charge >= 0.3 is 5.97 Å². The molecule has 0 amide bonds. The summed E-state index contributed by atoms with van der Waals surface area (Å²) in [6.07, 6.45) is 3.83. The van der Waals surface area contributed by atoms with Crippen molar-refractivity contribution in [3.63, 3.8) is 0 Å². The Labute approximate surface area is 112 Å². The molecule has 18 heavy (non-hydrogen) atoms. The first-order valence-corrected chi connectivity index (χ1v) is 7.41. The van der Waals surface area contributed by atoms with E-state index in [0.717, 1.165) is 17.8 Å². The Morgan fingerprint density at radius 2 is 2.33 bits per heavy atom. The molecule has 0 aromatic heterocycles. The van der Waals surface area contributed by atoms with Crippen molar-refractivity contribution in [2.45, 2.75) is 31.4 Å². The minimum absolute atomic E-state index is 0.371. The van der Waals surface area contributed by atoms with E-state index in [2.05, 4.69) is 5.32 Å². The van der Waals surface area contributed by atoms with Gasteiger partial charge in [0.05, 0.1) is 11.3 Å². The van der Waals surface area contributed by atoms with Crippen molar-refractivity contribution < 1.29 is 9.90 Å². The number of anilines is 1. The number of aryl methyl sites for hydroxylation is 1. The number of carboxylic acids is 1. The van der Waals surface area contributed by atoms with Crippen LogP contribution in [0.15, 0.2) is 18.2 Å². The molecule has 1 aliphatic heterocycles. The Hall–Kier alpha value is -1.16. The third-order valence-electron chi connectivity index (χ3n) is 3.28. The van der Waals surface area contributed by atoms with Gasteiger partial charge in [0.25, 0.3) is 0 Å². The highest BCUT2D eigenvalue weighted by atomic mass is 32.2. The summed E-state index contributed by atoms with van der Waals surface area (Å²) in [5.74, 6) is 0.365. The number of benzene rings is 1. The molecule has 1 saturated heterocycles. The van der Waals surface area contributed by atoms with E-state index in [1.54, 1.807) is 12.1 Å². The van der Waals surface area contributed by atoms with Crippen molar-refractivity contribution in [1.82, 2.24) is 0 Å². The number of rotatable bonds is 4. The van der Waals surface area contributed by atoms with E-state index in [9.17, 15) is 9.90 Å². The SMILES string of the molecule is Cc1cccc(C(=O)O)c1NCC1CCCCS1. The summed E-state index contributed by atoms with van der Waals surface area (Å²) in [5.41, 5.74) is 2.14. The first-order valence-electron chi connectivity index (χ1n) is 6.37. The van der Waals surface area contributed by atoms with Gasteiger partial charge in [0.2, 0.25) is 0 Å². The molecule has 1 heterocycles. The lowest BCUT2D eigenvalue weighted by molar-refractivity contribution is 0.0698. The van der Waals surface area contributed by atoms with Gasteiger partial charge in [-0.1, -0.05) is 18.6 Å². The Morgan fingerprint density at radius 1 is 1.50 bits per heavy atom. The smallest absolute Gasteiger partial charge is 0.337 e. The first-order chi connectivity index (χ1) is 8.68. The number of carbonyl (C=O) groups is 1. The summed E-state index contributed by atoms with van der Waals surface area (Å²) in [5, 5.41) is 13.1. The van der Waals surface area contributed by atoms with Crippen LogP contribution in [0.4, 0.5) is 5.69 Å². The van der Waals surface area contributed by atoms with Crippen LogP contribution < -0.4 is 5.32 Å². The van der Waals surface area contributed by atoms with Gasteiger partial charge in [0.15, 0.2) is 0 Å². The molecule has 2 rings (SSSR count). The highest BCUT2D eigenvalue weighted by molar-refractivity contribution is 7.99. The van der Waals surface area contributed by atoms with Crippen LogP contribution in [0.2, 0.25) is 0 Å². The monoisotopic (exact) mass is 265 g/mol. The number of nitrogens with one attached hydrogen (secondary N) is 1. The molecule has 2 N–H and O–H groups in total. The molecule has 0 radical (unpaired) electrons. The largest absolute Gasteiger partial charge is 0.478 e. The fourth-order valence-corrected chi connectivity index (χ4v) is 3.50. The lowest BCUT2D eigenvalue weighted by Gasteiger charge is -2.23. The number of thioether (sulfide) groups is 1. The van der Waals surface area contributed by atoms with Crippen molar-refractivity contribution in [3.05, 3.63) is 29.3 Å². The van der Waals surface area contributed by atoms with Crippen LogP contribution >= 0.6 is 11.8 Å². The van der Waals surface area contributed by atoms with Crippen molar-refractivity contribution in [3.8, 4) is 0 Å². The number of carboxylic acid groups (broad SMARTS) is 1. The van der Waals surface area contributed by atoms with Gasteiger partial charge in [-0.2, -0.15) is 11.8 Å². The number of para-hydroxylation sites is 1. The molecule has 4 heteroatoms. The van der Waals surface area contributed by atoms with Crippen LogP contribution in [0.5, 0.6) is 0 Å². The molecule has 0 bridgehead atoms. The third kappa shape index (κ3) is 3.19.